The van der Waals surface area contributed by atoms with Gasteiger partial charge in [0.2, 0.25) is 0 Å². The van der Waals surface area contributed by atoms with Crippen molar-refractivity contribution in [3.05, 3.63) is 28.3 Å². The highest BCUT2D eigenvalue weighted by Gasteiger charge is 2.16. The van der Waals surface area contributed by atoms with Crippen LogP contribution in [0.3, 0.4) is 0 Å². The molecule has 2 N–H and O–H groups in total. The van der Waals surface area contributed by atoms with Gasteiger partial charge < -0.3 is 10.1 Å². The highest BCUT2D eigenvalue weighted by Crippen LogP contribution is 2.30. The zero-order chi connectivity index (χ0) is 15.8. The number of rotatable bonds is 5. The van der Waals surface area contributed by atoms with Crippen LogP contribution in [-0.2, 0) is 4.74 Å². The fourth-order valence-electron chi connectivity index (χ4n) is 1.38. The topological polar surface area (TPSA) is 93.5 Å². The van der Waals surface area contributed by atoms with Crippen molar-refractivity contribution in [3.63, 3.8) is 0 Å². The number of methoxy groups -OCH3 is 1. The minimum atomic E-state index is -0.744. The predicted octanol–water partition coefficient (Wildman–Crippen LogP) is 3.15. The van der Waals surface area contributed by atoms with Crippen LogP contribution >= 0.6 is 24.0 Å². The standard InChI is InChI=1S/C12H15N3O4S2/c1-3-6-21-8-4-5-10(15(17)18)9(7-8)13-11(20)14-12(16)19-2/h4-5,7H,3,6H2,1-2H3,(H2,13,14,16,20). The first kappa shape index (κ1) is 17.2. The number of hydrogen-bond acceptors (Lipinski definition) is 6. The van der Waals surface area contributed by atoms with Gasteiger partial charge in [0.05, 0.1) is 12.0 Å². The maximum absolute atomic E-state index is 11.0. The molecule has 0 heterocycles. The molecule has 0 radical (unpaired) electrons. The fourth-order valence-corrected chi connectivity index (χ4v) is 2.38. The number of alkyl carbamates (subject to hydrolysis) is 1. The van der Waals surface area contributed by atoms with E-state index in [9.17, 15) is 14.9 Å². The Morgan fingerprint density at radius 2 is 2.24 bits per heavy atom. The van der Waals surface area contributed by atoms with E-state index in [1.54, 1.807) is 23.9 Å². The first-order chi connectivity index (χ1) is 9.97. The van der Waals surface area contributed by atoms with Gasteiger partial charge in [-0.1, -0.05) is 6.92 Å². The smallest absolute Gasteiger partial charge is 0.413 e. The molecule has 0 unspecified atom stereocenters. The van der Waals surface area contributed by atoms with E-state index >= 15 is 0 Å². The minimum absolute atomic E-state index is 0.0670. The normalized spacial score (nSPS) is 9.81. The molecule has 1 aromatic carbocycles. The van der Waals surface area contributed by atoms with E-state index in [0.29, 0.717) is 0 Å². The minimum Gasteiger partial charge on any atom is -0.453 e. The van der Waals surface area contributed by atoms with Crippen LogP contribution in [0.5, 0.6) is 0 Å². The van der Waals surface area contributed by atoms with Gasteiger partial charge in [0, 0.05) is 11.0 Å². The van der Waals surface area contributed by atoms with Crippen LogP contribution in [0.4, 0.5) is 16.2 Å². The number of nitrogens with one attached hydrogen (secondary N) is 2. The Morgan fingerprint density at radius 1 is 1.52 bits per heavy atom. The third-order valence-electron chi connectivity index (χ3n) is 2.29. The summed E-state index contributed by atoms with van der Waals surface area (Å²) in [5, 5.41) is 15.8. The van der Waals surface area contributed by atoms with Gasteiger partial charge in [0.25, 0.3) is 5.69 Å². The zero-order valence-electron chi connectivity index (χ0n) is 11.5. The van der Waals surface area contributed by atoms with Gasteiger partial charge >= 0.3 is 6.09 Å². The van der Waals surface area contributed by atoms with Crippen molar-refractivity contribution < 1.29 is 14.5 Å². The zero-order valence-corrected chi connectivity index (χ0v) is 13.2. The molecule has 21 heavy (non-hydrogen) atoms. The summed E-state index contributed by atoms with van der Waals surface area (Å²) in [5.41, 5.74) is 0.104. The number of benzene rings is 1. The highest BCUT2D eigenvalue weighted by atomic mass is 32.2. The van der Waals surface area contributed by atoms with Crippen LogP contribution in [0.1, 0.15) is 13.3 Å². The summed E-state index contributed by atoms with van der Waals surface area (Å²) in [6.07, 6.45) is 0.249. The Labute approximate surface area is 131 Å². The van der Waals surface area contributed by atoms with Gasteiger partial charge in [-0.15, -0.1) is 11.8 Å². The Hall–Kier alpha value is -1.87. The molecule has 7 nitrogen and oxygen atoms in total. The summed E-state index contributed by atoms with van der Waals surface area (Å²) in [4.78, 5) is 22.4. The van der Waals surface area contributed by atoms with E-state index < -0.39 is 11.0 Å². The molecule has 0 aliphatic rings. The second-order valence-electron chi connectivity index (χ2n) is 3.86. The molecule has 1 aromatic rings. The van der Waals surface area contributed by atoms with E-state index in [1.165, 1.54) is 13.2 Å². The van der Waals surface area contributed by atoms with Gasteiger partial charge in [-0.25, -0.2) is 4.79 Å². The monoisotopic (exact) mass is 329 g/mol. The molecule has 1 amide bonds. The number of ether oxygens (including phenoxy) is 1. The quantitative estimate of drug-likeness (QED) is 0.371. The second-order valence-corrected chi connectivity index (χ2v) is 5.43. The number of nitro groups is 1. The summed E-state index contributed by atoms with van der Waals surface area (Å²) in [6.45, 7) is 2.05. The molecule has 0 atom stereocenters. The molecular formula is C12H15N3O4S2. The first-order valence-corrected chi connectivity index (χ1v) is 7.44. The Kier molecular flexibility index (Phi) is 6.89. The molecule has 0 aliphatic carbocycles. The average Bonchev–Trinajstić information content (AvgIpc) is 2.44. The summed E-state index contributed by atoms with van der Waals surface area (Å²) in [7, 11) is 1.20. The number of amides is 1. The lowest BCUT2D eigenvalue weighted by Gasteiger charge is -2.10. The fraction of sp³-hybridized carbons (Fsp3) is 0.333. The Morgan fingerprint density at radius 3 is 2.81 bits per heavy atom. The number of nitro benzene ring substituents is 1. The van der Waals surface area contributed by atoms with Crippen molar-refractivity contribution in [2.45, 2.75) is 18.2 Å². The predicted molar refractivity (Wildman–Crippen MR) is 85.9 cm³/mol. The maximum atomic E-state index is 11.0. The van der Waals surface area contributed by atoms with E-state index in [2.05, 4.69) is 15.4 Å². The Bertz CT molecular complexity index is 551. The number of nitrogens with zero attached hydrogens (tertiary/aromatic N) is 1. The third-order valence-corrected chi connectivity index (χ3v) is 3.69. The van der Waals surface area contributed by atoms with Gasteiger partial charge in [-0.3, -0.25) is 15.4 Å². The number of carbonyl (C=O) groups excluding carboxylic acids is 1. The molecule has 0 aromatic heterocycles. The van der Waals surface area contributed by atoms with Crippen molar-refractivity contribution in [2.75, 3.05) is 18.2 Å². The van der Waals surface area contributed by atoms with Gasteiger partial charge in [0.15, 0.2) is 5.11 Å². The van der Waals surface area contributed by atoms with Crippen molar-refractivity contribution in [3.8, 4) is 0 Å². The molecular weight excluding hydrogens is 314 g/mol. The van der Waals surface area contributed by atoms with E-state index in [0.717, 1.165) is 17.1 Å². The van der Waals surface area contributed by atoms with Gasteiger partial charge in [-0.05, 0) is 36.5 Å². The highest BCUT2D eigenvalue weighted by molar-refractivity contribution is 7.99. The SMILES string of the molecule is CCCSc1ccc([N+](=O)[O-])c(NC(=S)NC(=O)OC)c1. The lowest BCUT2D eigenvalue weighted by molar-refractivity contribution is -0.383. The van der Waals surface area contributed by atoms with E-state index in [1.807, 2.05) is 6.92 Å². The van der Waals surface area contributed by atoms with Gasteiger partial charge in [0.1, 0.15) is 5.69 Å². The van der Waals surface area contributed by atoms with Crippen LogP contribution in [0.15, 0.2) is 23.1 Å². The molecule has 0 bridgehead atoms. The molecule has 0 saturated carbocycles. The summed E-state index contributed by atoms with van der Waals surface area (Å²) in [6, 6.07) is 4.71. The molecule has 1 rings (SSSR count). The molecule has 9 heteroatoms. The van der Waals surface area contributed by atoms with Crippen LogP contribution in [0.25, 0.3) is 0 Å². The van der Waals surface area contributed by atoms with Crippen molar-refractivity contribution in [1.82, 2.24) is 5.32 Å². The molecule has 0 fully saturated rings. The largest absolute Gasteiger partial charge is 0.453 e. The number of thioether (sulfide) groups is 1. The van der Waals surface area contributed by atoms with Crippen molar-refractivity contribution >= 4 is 46.6 Å². The van der Waals surface area contributed by atoms with Crippen LogP contribution in [0, 0.1) is 10.1 Å². The number of anilines is 1. The number of hydrogen-bond donors (Lipinski definition) is 2. The number of carbonyl (C=O) groups is 1. The maximum Gasteiger partial charge on any atom is 0.413 e. The average molecular weight is 329 g/mol. The van der Waals surface area contributed by atoms with Gasteiger partial charge in [-0.2, -0.15) is 0 Å². The number of thiocarbonyl (C=S) groups is 1. The molecule has 0 aliphatic heterocycles. The van der Waals surface area contributed by atoms with Crippen molar-refractivity contribution in [2.24, 2.45) is 0 Å². The molecule has 114 valence electrons. The summed E-state index contributed by atoms with van der Waals surface area (Å²) < 4.78 is 4.40. The summed E-state index contributed by atoms with van der Waals surface area (Å²) in [5.74, 6) is 0.905. The lowest BCUT2D eigenvalue weighted by atomic mass is 10.2. The molecule has 0 saturated heterocycles. The first-order valence-electron chi connectivity index (χ1n) is 6.05. The van der Waals surface area contributed by atoms with Crippen LogP contribution < -0.4 is 10.6 Å². The third kappa shape index (κ3) is 5.56. The second kappa shape index (κ2) is 8.42. The Balaban J connectivity index is 2.92. The van der Waals surface area contributed by atoms with E-state index in [4.69, 9.17) is 12.2 Å². The van der Waals surface area contributed by atoms with Crippen LogP contribution in [0.2, 0.25) is 0 Å². The lowest BCUT2D eigenvalue weighted by Crippen LogP contribution is -2.34. The van der Waals surface area contributed by atoms with Crippen molar-refractivity contribution in [1.29, 1.82) is 0 Å². The van der Waals surface area contributed by atoms with E-state index in [-0.39, 0.29) is 16.5 Å². The molecule has 0 spiro atoms. The summed E-state index contributed by atoms with van der Waals surface area (Å²) >= 11 is 6.49. The van der Waals surface area contributed by atoms with Crippen LogP contribution in [-0.4, -0.2) is 29.0 Å².